The van der Waals surface area contributed by atoms with Crippen LogP contribution >= 0.6 is 12.2 Å². The molecule has 0 radical (unpaired) electrons. The Labute approximate surface area is 93.6 Å². The van der Waals surface area contributed by atoms with E-state index in [1.54, 1.807) is 31.4 Å². The number of anilines is 1. The van der Waals surface area contributed by atoms with Crippen LogP contribution < -0.4 is 15.4 Å². The Balaban J connectivity index is 2.82. The van der Waals surface area contributed by atoms with Crippen molar-refractivity contribution in [3.05, 3.63) is 24.3 Å². The summed E-state index contributed by atoms with van der Waals surface area (Å²) in [6.07, 6.45) is 0.695. The van der Waals surface area contributed by atoms with Gasteiger partial charge in [0, 0.05) is 5.69 Å². The number of thiocarbonyl (C=S) groups is 1. The van der Waals surface area contributed by atoms with E-state index < -0.39 is 0 Å². The molecular formula is C10H12N2O2S. The Morgan fingerprint density at radius 2 is 2.13 bits per heavy atom. The van der Waals surface area contributed by atoms with Crippen molar-refractivity contribution in [1.29, 1.82) is 0 Å². The van der Waals surface area contributed by atoms with Gasteiger partial charge in [-0.1, -0.05) is 12.2 Å². The summed E-state index contributed by atoms with van der Waals surface area (Å²) in [5, 5.41) is 0. The third-order valence-electron chi connectivity index (χ3n) is 1.86. The number of methoxy groups -OCH3 is 1. The topological polar surface area (TPSA) is 55.6 Å². The normalized spacial score (nSPS) is 9.40. The van der Waals surface area contributed by atoms with E-state index >= 15 is 0 Å². The van der Waals surface area contributed by atoms with Gasteiger partial charge in [0.1, 0.15) is 5.75 Å². The zero-order valence-electron chi connectivity index (χ0n) is 8.34. The summed E-state index contributed by atoms with van der Waals surface area (Å²) in [6, 6.07) is 7.08. The van der Waals surface area contributed by atoms with Crippen molar-refractivity contribution < 1.29 is 9.53 Å². The highest BCUT2D eigenvalue weighted by atomic mass is 32.1. The van der Waals surface area contributed by atoms with Gasteiger partial charge in [-0.05, 0) is 24.3 Å². The highest BCUT2D eigenvalue weighted by Crippen LogP contribution is 2.17. The summed E-state index contributed by atoms with van der Waals surface area (Å²) in [4.78, 5) is 12.5. The summed E-state index contributed by atoms with van der Waals surface area (Å²) in [5.74, 6) is 0.736. The highest BCUT2D eigenvalue weighted by Gasteiger charge is 2.05. The van der Waals surface area contributed by atoms with Gasteiger partial charge in [0.15, 0.2) is 0 Å². The largest absolute Gasteiger partial charge is 0.497 e. The summed E-state index contributed by atoms with van der Waals surface area (Å²) < 4.78 is 5.01. The number of amides is 1. The zero-order valence-corrected chi connectivity index (χ0v) is 9.16. The van der Waals surface area contributed by atoms with Gasteiger partial charge < -0.3 is 15.4 Å². The second-order valence-electron chi connectivity index (χ2n) is 2.90. The Morgan fingerprint density at radius 3 is 2.53 bits per heavy atom. The molecule has 0 atom stereocenters. The van der Waals surface area contributed by atoms with Gasteiger partial charge >= 0.3 is 0 Å². The minimum absolute atomic E-state index is 0.241. The summed E-state index contributed by atoms with van der Waals surface area (Å²) in [5.41, 5.74) is 6.10. The number of hydrogen-bond acceptors (Lipinski definition) is 3. The van der Waals surface area contributed by atoms with E-state index in [1.165, 1.54) is 4.90 Å². The molecule has 0 saturated carbocycles. The standard InChI is InChI=1S/C10H12N2O2S/c1-14-9-4-2-8(3-5-9)12(7-13)6-10(11)15/h2-5,7H,6H2,1H3,(H2,11,15). The predicted molar refractivity (Wildman–Crippen MR) is 63.2 cm³/mol. The number of rotatable bonds is 5. The Hall–Kier alpha value is -1.62. The molecule has 0 aliphatic heterocycles. The van der Waals surface area contributed by atoms with Gasteiger partial charge in [-0.2, -0.15) is 0 Å². The number of hydrogen-bond donors (Lipinski definition) is 1. The molecule has 0 aliphatic rings. The van der Waals surface area contributed by atoms with Crippen LogP contribution in [0.25, 0.3) is 0 Å². The Kier molecular flexibility index (Phi) is 4.05. The molecule has 5 heteroatoms. The lowest BCUT2D eigenvalue weighted by atomic mass is 10.3. The molecule has 4 nitrogen and oxygen atoms in total. The second kappa shape index (κ2) is 5.31. The van der Waals surface area contributed by atoms with Crippen LogP contribution in [0.4, 0.5) is 5.69 Å². The third kappa shape index (κ3) is 3.21. The highest BCUT2D eigenvalue weighted by molar-refractivity contribution is 7.80. The van der Waals surface area contributed by atoms with E-state index in [0.29, 0.717) is 6.41 Å². The fourth-order valence-electron chi connectivity index (χ4n) is 1.13. The van der Waals surface area contributed by atoms with E-state index in [4.69, 9.17) is 22.7 Å². The first kappa shape index (κ1) is 11.5. The van der Waals surface area contributed by atoms with Crippen molar-refractivity contribution in [3.63, 3.8) is 0 Å². The van der Waals surface area contributed by atoms with Crippen molar-refractivity contribution in [3.8, 4) is 5.75 Å². The maximum Gasteiger partial charge on any atom is 0.214 e. The van der Waals surface area contributed by atoms with Crippen molar-refractivity contribution >= 4 is 29.3 Å². The minimum atomic E-state index is 0.241. The molecule has 2 N–H and O–H groups in total. The zero-order chi connectivity index (χ0) is 11.3. The van der Waals surface area contributed by atoms with Gasteiger partial charge in [0.05, 0.1) is 18.6 Å². The number of nitrogens with two attached hydrogens (primary N) is 1. The van der Waals surface area contributed by atoms with Crippen LogP contribution in [0, 0.1) is 0 Å². The first-order valence-electron chi connectivity index (χ1n) is 4.31. The van der Waals surface area contributed by atoms with Crippen LogP contribution in [0.5, 0.6) is 5.75 Å². The molecule has 0 spiro atoms. The minimum Gasteiger partial charge on any atom is -0.497 e. The number of carbonyl (C=O) groups excluding carboxylic acids is 1. The molecule has 0 aromatic heterocycles. The van der Waals surface area contributed by atoms with Gasteiger partial charge in [-0.25, -0.2) is 0 Å². The molecule has 1 aromatic rings. The number of carbonyl (C=O) groups is 1. The average Bonchev–Trinajstić information content (AvgIpc) is 2.26. The molecular weight excluding hydrogens is 212 g/mol. The monoisotopic (exact) mass is 224 g/mol. The van der Waals surface area contributed by atoms with Crippen molar-refractivity contribution in [1.82, 2.24) is 0 Å². The fourth-order valence-corrected chi connectivity index (χ4v) is 1.27. The molecule has 1 aromatic carbocycles. The van der Waals surface area contributed by atoms with E-state index in [2.05, 4.69) is 0 Å². The maximum absolute atomic E-state index is 10.8. The van der Waals surface area contributed by atoms with Crippen LogP contribution in [0.1, 0.15) is 0 Å². The SMILES string of the molecule is COc1ccc(N(C=O)CC(N)=S)cc1. The molecule has 0 aliphatic carbocycles. The molecule has 0 fully saturated rings. The first-order valence-corrected chi connectivity index (χ1v) is 4.72. The van der Waals surface area contributed by atoms with Crippen LogP contribution in [0.15, 0.2) is 24.3 Å². The van der Waals surface area contributed by atoms with Gasteiger partial charge in [-0.3, -0.25) is 4.79 Å². The predicted octanol–water partition coefficient (Wildman–Crippen LogP) is 0.944. The Bertz CT molecular complexity index is 351. The molecule has 1 rings (SSSR count). The molecule has 15 heavy (non-hydrogen) atoms. The molecule has 0 unspecified atom stereocenters. The molecule has 0 bridgehead atoms. The smallest absolute Gasteiger partial charge is 0.214 e. The Morgan fingerprint density at radius 1 is 1.53 bits per heavy atom. The van der Waals surface area contributed by atoms with E-state index in [-0.39, 0.29) is 11.5 Å². The van der Waals surface area contributed by atoms with Crippen LogP contribution in [-0.4, -0.2) is 25.1 Å². The summed E-state index contributed by atoms with van der Waals surface area (Å²) >= 11 is 4.74. The lowest BCUT2D eigenvalue weighted by Crippen LogP contribution is -2.31. The molecule has 0 heterocycles. The average molecular weight is 224 g/mol. The van der Waals surface area contributed by atoms with E-state index in [0.717, 1.165) is 11.4 Å². The van der Waals surface area contributed by atoms with Gasteiger partial charge in [0.25, 0.3) is 0 Å². The lowest BCUT2D eigenvalue weighted by molar-refractivity contribution is -0.107. The molecule has 1 amide bonds. The summed E-state index contributed by atoms with van der Waals surface area (Å²) in [7, 11) is 1.58. The maximum atomic E-state index is 10.8. The second-order valence-corrected chi connectivity index (χ2v) is 3.42. The van der Waals surface area contributed by atoms with E-state index in [1.807, 2.05) is 0 Å². The lowest BCUT2D eigenvalue weighted by Gasteiger charge is -2.16. The van der Waals surface area contributed by atoms with Crippen LogP contribution in [0.3, 0.4) is 0 Å². The third-order valence-corrected chi connectivity index (χ3v) is 1.99. The number of ether oxygens (including phenoxy) is 1. The molecule has 80 valence electrons. The van der Waals surface area contributed by atoms with Crippen molar-refractivity contribution in [2.24, 2.45) is 5.73 Å². The molecule has 0 saturated heterocycles. The summed E-state index contributed by atoms with van der Waals surface area (Å²) in [6.45, 7) is 0.241. The van der Waals surface area contributed by atoms with Crippen molar-refractivity contribution in [2.75, 3.05) is 18.6 Å². The van der Waals surface area contributed by atoms with Gasteiger partial charge in [0.2, 0.25) is 6.41 Å². The first-order chi connectivity index (χ1) is 7.17. The van der Waals surface area contributed by atoms with E-state index in [9.17, 15) is 4.79 Å². The fraction of sp³-hybridized carbons (Fsp3) is 0.200. The van der Waals surface area contributed by atoms with Crippen LogP contribution in [0.2, 0.25) is 0 Å². The quantitative estimate of drug-likeness (QED) is 0.597. The van der Waals surface area contributed by atoms with Gasteiger partial charge in [-0.15, -0.1) is 0 Å². The van der Waals surface area contributed by atoms with Crippen LogP contribution in [-0.2, 0) is 4.79 Å². The van der Waals surface area contributed by atoms with Crippen molar-refractivity contribution in [2.45, 2.75) is 0 Å². The number of benzene rings is 1. The number of nitrogens with zero attached hydrogens (tertiary/aromatic N) is 1.